The monoisotopic (exact) mass is 382 g/mol. The summed E-state index contributed by atoms with van der Waals surface area (Å²) in [5, 5.41) is 20.1. The van der Waals surface area contributed by atoms with Crippen LogP contribution in [0.25, 0.3) is 0 Å². The number of hydrogen-bond acceptors (Lipinski definition) is 4. The maximum Gasteiger partial charge on any atom is 0.255 e. The Morgan fingerprint density at radius 1 is 0.893 bits per heavy atom. The molecule has 4 unspecified atom stereocenters. The first-order valence-electron chi connectivity index (χ1n) is 10.2. The standard InChI is InChI=1S/C24H30O4/c1-6-22(4)14-24(27-20-12-16(25)8-10-18(20)22)15(3)23(5,7-2)19-11-9-17(26)13-21(19)28-24/h8-13,15,25-26H,6-7,14H2,1-5H3. The molecule has 0 fully saturated rings. The number of ether oxygens (including phenoxy) is 2. The van der Waals surface area contributed by atoms with Gasteiger partial charge in [0, 0.05) is 46.4 Å². The highest BCUT2D eigenvalue weighted by Gasteiger charge is 2.59. The fourth-order valence-corrected chi connectivity index (χ4v) is 5.13. The van der Waals surface area contributed by atoms with E-state index in [9.17, 15) is 10.2 Å². The second-order valence-electron chi connectivity index (χ2n) is 8.96. The fourth-order valence-electron chi connectivity index (χ4n) is 5.13. The van der Waals surface area contributed by atoms with Gasteiger partial charge in [-0.05, 0) is 25.0 Å². The molecular weight excluding hydrogens is 352 g/mol. The molecule has 0 saturated carbocycles. The SMILES string of the molecule is CCC1(C)CC2(Oc3cc(O)ccc31)Oc1cc(O)ccc1C(C)(CC)C2C. The van der Waals surface area contributed by atoms with Crippen LogP contribution in [0.4, 0.5) is 0 Å². The summed E-state index contributed by atoms with van der Waals surface area (Å²) >= 11 is 0. The van der Waals surface area contributed by atoms with E-state index in [-0.39, 0.29) is 28.2 Å². The molecule has 0 bridgehead atoms. The van der Waals surface area contributed by atoms with Crippen molar-refractivity contribution in [3.63, 3.8) is 0 Å². The predicted octanol–water partition coefficient (Wildman–Crippen LogP) is 5.64. The second kappa shape index (κ2) is 6.07. The third kappa shape index (κ3) is 2.50. The Bertz CT molecular complexity index is 919. The number of fused-ring (bicyclic) bond motifs is 2. The average Bonchev–Trinajstić information content (AvgIpc) is 2.65. The van der Waals surface area contributed by atoms with E-state index >= 15 is 0 Å². The van der Waals surface area contributed by atoms with Gasteiger partial charge >= 0.3 is 0 Å². The summed E-state index contributed by atoms with van der Waals surface area (Å²) < 4.78 is 13.2. The van der Waals surface area contributed by atoms with Crippen LogP contribution in [0.5, 0.6) is 23.0 Å². The number of phenols is 2. The molecule has 150 valence electrons. The predicted molar refractivity (Wildman–Crippen MR) is 109 cm³/mol. The van der Waals surface area contributed by atoms with Gasteiger partial charge in [-0.3, -0.25) is 0 Å². The minimum Gasteiger partial charge on any atom is -0.508 e. The van der Waals surface area contributed by atoms with Crippen LogP contribution in [0.2, 0.25) is 0 Å². The highest BCUT2D eigenvalue weighted by atomic mass is 16.7. The van der Waals surface area contributed by atoms with Gasteiger partial charge in [-0.25, -0.2) is 0 Å². The first-order chi connectivity index (χ1) is 13.2. The smallest absolute Gasteiger partial charge is 0.255 e. The minimum atomic E-state index is -0.864. The number of benzene rings is 2. The van der Waals surface area contributed by atoms with Crippen molar-refractivity contribution in [1.29, 1.82) is 0 Å². The molecule has 0 saturated heterocycles. The zero-order valence-corrected chi connectivity index (χ0v) is 17.4. The lowest BCUT2D eigenvalue weighted by Gasteiger charge is -2.56. The van der Waals surface area contributed by atoms with Crippen molar-refractivity contribution < 1.29 is 19.7 Å². The summed E-state index contributed by atoms with van der Waals surface area (Å²) in [6.45, 7) is 11.1. The zero-order valence-electron chi connectivity index (χ0n) is 17.4. The molecule has 4 heteroatoms. The lowest BCUT2D eigenvalue weighted by Crippen LogP contribution is -2.62. The highest BCUT2D eigenvalue weighted by molar-refractivity contribution is 5.50. The van der Waals surface area contributed by atoms with Gasteiger partial charge in [0.05, 0.1) is 0 Å². The van der Waals surface area contributed by atoms with E-state index in [2.05, 4.69) is 34.6 Å². The molecule has 2 aromatic rings. The van der Waals surface area contributed by atoms with Crippen LogP contribution in [-0.4, -0.2) is 16.0 Å². The van der Waals surface area contributed by atoms with Gasteiger partial charge in [0.15, 0.2) is 0 Å². The third-order valence-corrected chi connectivity index (χ3v) is 7.53. The topological polar surface area (TPSA) is 58.9 Å². The van der Waals surface area contributed by atoms with Crippen LogP contribution in [0.3, 0.4) is 0 Å². The second-order valence-corrected chi connectivity index (χ2v) is 8.96. The van der Waals surface area contributed by atoms with Gasteiger partial charge in [0.2, 0.25) is 0 Å². The van der Waals surface area contributed by atoms with Crippen LogP contribution in [0.15, 0.2) is 36.4 Å². The van der Waals surface area contributed by atoms with Gasteiger partial charge in [-0.1, -0.05) is 46.8 Å². The Morgan fingerprint density at radius 2 is 1.43 bits per heavy atom. The molecule has 0 aliphatic carbocycles. The van der Waals surface area contributed by atoms with Gasteiger partial charge in [0.25, 0.3) is 5.79 Å². The fraction of sp³-hybridized carbons (Fsp3) is 0.500. The van der Waals surface area contributed by atoms with Crippen LogP contribution in [0, 0.1) is 5.92 Å². The van der Waals surface area contributed by atoms with E-state index in [0.717, 1.165) is 24.0 Å². The third-order valence-electron chi connectivity index (χ3n) is 7.53. The van der Waals surface area contributed by atoms with E-state index in [1.54, 1.807) is 24.3 Å². The van der Waals surface area contributed by atoms with Crippen molar-refractivity contribution in [2.75, 3.05) is 0 Å². The lowest BCUT2D eigenvalue weighted by atomic mass is 9.61. The van der Waals surface area contributed by atoms with E-state index in [4.69, 9.17) is 9.47 Å². The molecule has 2 heterocycles. The molecule has 4 nitrogen and oxygen atoms in total. The van der Waals surface area contributed by atoms with Crippen molar-refractivity contribution in [1.82, 2.24) is 0 Å². The summed E-state index contributed by atoms with van der Waals surface area (Å²) in [6, 6.07) is 10.8. The summed E-state index contributed by atoms with van der Waals surface area (Å²) in [5.74, 6) is 0.956. The maximum absolute atomic E-state index is 10.1. The summed E-state index contributed by atoms with van der Waals surface area (Å²) in [7, 11) is 0. The van der Waals surface area contributed by atoms with Crippen LogP contribution in [0.1, 0.15) is 65.0 Å². The van der Waals surface area contributed by atoms with Crippen molar-refractivity contribution in [2.24, 2.45) is 5.92 Å². The van der Waals surface area contributed by atoms with E-state index in [1.807, 2.05) is 12.1 Å². The van der Waals surface area contributed by atoms with E-state index in [0.29, 0.717) is 17.9 Å². The number of aromatic hydroxyl groups is 2. The van der Waals surface area contributed by atoms with E-state index < -0.39 is 5.79 Å². The molecule has 2 aromatic carbocycles. The Kier molecular flexibility index (Phi) is 4.11. The van der Waals surface area contributed by atoms with Gasteiger partial charge in [-0.15, -0.1) is 0 Å². The van der Waals surface area contributed by atoms with Crippen LogP contribution >= 0.6 is 0 Å². The molecule has 4 rings (SSSR count). The first-order valence-corrected chi connectivity index (χ1v) is 10.2. The molecule has 2 aliphatic rings. The zero-order chi connectivity index (χ0) is 20.3. The van der Waals surface area contributed by atoms with Crippen LogP contribution < -0.4 is 9.47 Å². The largest absolute Gasteiger partial charge is 0.508 e. The van der Waals surface area contributed by atoms with Gasteiger partial charge in [-0.2, -0.15) is 0 Å². The van der Waals surface area contributed by atoms with Crippen molar-refractivity contribution in [3.8, 4) is 23.0 Å². The molecule has 0 amide bonds. The quantitative estimate of drug-likeness (QED) is 0.705. The van der Waals surface area contributed by atoms with Crippen molar-refractivity contribution in [3.05, 3.63) is 47.5 Å². The summed E-state index contributed by atoms with van der Waals surface area (Å²) in [5.41, 5.74) is 1.91. The molecule has 1 spiro atoms. The summed E-state index contributed by atoms with van der Waals surface area (Å²) in [4.78, 5) is 0. The molecule has 4 atom stereocenters. The van der Waals surface area contributed by atoms with E-state index in [1.165, 1.54) is 0 Å². The lowest BCUT2D eigenvalue weighted by molar-refractivity contribution is -0.205. The number of phenolic OH excluding ortho intramolecular Hbond substituents is 2. The number of hydrogen-bond donors (Lipinski definition) is 2. The molecule has 0 aromatic heterocycles. The molecular formula is C24H30O4. The van der Waals surface area contributed by atoms with Crippen LogP contribution in [-0.2, 0) is 10.8 Å². The normalized spacial score (nSPS) is 33.5. The highest BCUT2D eigenvalue weighted by Crippen LogP contribution is 2.58. The molecule has 0 radical (unpaired) electrons. The minimum absolute atomic E-state index is 0.0726. The molecule has 2 N–H and O–H groups in total. The first kappa shape index (κ1) is 19.0. The van der Waals surface area contributed by atoms with Gasteiger partial charge < -0.3 is 19.7 Å². The Hall–Kier alpha value is -2.36. The van der Waals surface area contributed by atoms with Crippen molar-refractivity contribution >= 4 is 0 Å². The molecule has 28 heavy (non-hydrogen) atoms. The van der Waals surface area contributed by atoms with Crippen molar-refractivity contribution in [2.45, 2.75) is 70.5 Å². The Balaban J connectivity index is 1.92. The summed E-state index contributed by atoms with van der Waals surface area (Å²) in [6.07, 6.45) is 2.57. The Morgan fingerprint density at radius 3 is 1.96 bits per heavy atom. The molecule has 2 aliphatic heterocycles. The average molecular weight is 383 g/mol. The maximum atomic E-state index is 10.1. The van der Waals surface area contributed by atoms with Gasteiger partial charge in [0.1, 0.15) is 23.0 Å². The number of rotatable bonds is 2. The Labute approximate surface area is 167 Å².